The Labute approximate surface area is 99.9 Å². The van der Waals surface area contributed by atoms with Crippen LogP contribution in [0.5, 0.6) is 0 Å². The van der Waals surface area contributed by atoms with Crippen LogP contribution in [-0.4, -0.2) is 39.5 Å². The highest BCUT2D eigenvalue weighted by atomic mass is 16.5. The lowest BCUT2D eigenvalue weighted by molar-refractivity contribution is 0.0871. The summed E-state index contributed by atoms with van der Waals surface area (Å²) in [6.07, 6.45) is 6.31. The van der Waals surface area contributed by atoms with Crippen molar-refractivity contribution in [2.45, 2.75) is 39.0 Å². The summed E-state index contributed by atoms with van der Waals surface area (Å²) in [6, 6.07) is 0. The molecule has 3 nitrogen and oxygen atoms in total. The number of hydrogen-bond acceptors (Lipinski definition) is 3. The van der Waals surface area contributed by atoms with Gasteiger partial charge in [0.25, 0.3) is 0 Å². The van der Waals surface area contributed by atoms with E-state index in [0.29, 0.717) is 5.92 Å². The molecule has 0 aromatic carbocycles. The highest BCUT2D eigenvalue weighted by Crippen LogP contribution is 2.12. The van der Waals surface area contributed by atoms with Crippen LogP contribution in [0.4, 0.5) is 0 Å². The van der Waals surface area contributed by atoms with E-state index < -0.39 is 0 Å². The van der Waals surface area contributed by atoms with Gasteiger partial charge in [0, 0.05) is 19.1 Å². The molecule has 0 aliphatic carbocycles. The van der Waals surface area contributed by atoms with Crippen LogP contribution in [-0.2, 0) is 9.47 Å². The summed E-state index contributed by atoms with van der Waals surface area (Å²) in [5.74, 6) is 0.661. The van der Waals surface area contributed by atoms with Crippen molar-refractivity contribution in [3.05, 3.63) is 0 Å². The number of hydrogen-bond donors (Lipinski definition) is 1. The normalized spacial score (nSPS) is 20.4. The molecular weight excluding hydrogens is 202 g/mol. The molecule has 0 radical (unpaired) electrons. The minimum absolute atomic E-state index is 0.661. The van der Waals surface area contributed by atoms with Crippen LogP contribution in [0.25, 0.3) is 0 Å². The molecule has 0 bridgehead atoms. The minimum atomic E-state index is 0.661. The predicted molar refractivity (Wildman–Crippen MR) is 66.8 cm³/mol. The third-order valence-electron chi connectivity index (χ3n) is 3.02. The molecule has 1 rings (SSSR count). The van der Waals surface area contributed by atoms with Crippen LogP contribution in [0.2, 0.25) is 0 Å². The van der Waals surface area contributed by atoms with Crippen molar-refractivity contribution in [1.82, 2.24) is 5.32 Å². The average Bonchev–Trinajstić information content (AvgIpc) is 2.80. The molecule has 1 heterocycles. The van der Waals surface area contributed by atoms with Crippen LogP contribution >= 0.6 is 0 Å². The molecule has 0 saturated carbocycles. The van der Waals surface area contributed by atoms with E-state index in [1.54, 1.807) is 0 Å². The molecule has 0 aromatic rings. The van der Waals surface area contributed by atoms with Crippen LogP contribution in [0, 0.1) is 5.92 Å². The Hall–Kier alpha value is -0.120. The highest BCUT2D eigenvalue weighted by Gasteiger charge is 2.14. The van der Waals surface area contributed by atoms with Gasteiger partial charge in [-0.2, -0.15) is 0 Å². The summed E-state index contributed by atoms with van der Waals surface area (Å²) in [5, 5.41) is 3.34. The third kappa shape index (κ3) is 7.20. The van der Waals surface area contributed by atoms with Gasteiger partial charge in [-0.05, 0) is 32.4 Å². The molecule has 0 spiro atoms. The number of nitrogens with one attached hydrogen (secondary N) is 1. The van der Waals surface area contributed by atoms with Gasteiger partial charge in [0.15, 0.2) is 0 Å². The van der Waals surface area contributed by atoms with Crippen LogP contribution in [0.15, 0.2) is 0 Å². The van der Waals surface area contributed by atoms with E-state index in [9.17, 15) is 0 Å². The summed E-state index contributed by atoms with van der Waals surface area (Å²) in [7, 11) is 0. The quantitative estimate of drug-likeness (QED) is 0.583. The Morgan fingerprint density at radius 1 is 1.25 bits per heavy atom. The summed E-state index contributed by atoms with van der Waals surface area (Å²) in [4.78, 5) is 0. The van der Waals surface area contributed by atoms with Gasteiger partial charge in [-0.25, -0.2) is 0 Å². The Bertz CT molecular complexity index is 147. The monoisotopic (exact) mass is 229 g/mol. The van der Waals surface area contributed by atoms with Gasteiger partial charge < -0.3 is 14.8 Å². The van der Waals surface area contributed by atoms with E-state index in [4.69, 9.17) is 9.47 Å². The minimum Gasteiger partial charge on any atom is -0.381 e. The first-order chi connectivity index (χ1) is 7.93. The maximum absolute atomic E-state index is 5.65. The summed E-state index contributed by atoms with van der Waals surface area (Å²) in [5.41, 5.74) is 0. The molecule has 16 heavy (non-hydrogen) atoms. The molecule has 1 saturated heterocycles. The number of ether oxygens (including phenoxy) is 2. The van der Waals surface area contributed by atoms with E-state index >= 15 is 0 Å². The summed E-state index contributed by atoms with van der Waals surface area (Å²) >= 11 is 0. The van der Waals surface area contributed by atoms with Crippen LogP contribution < -0.4 is 5.32 Å². The molecule has 1 unspecified atom stereocenters. The smallest absolute Gasteiger partial charge is 0.0517 e. The molecule has 0 amide bonds. The molecule has 0 aromatic heterocycles. The van der Waals surface area contributed by atoms with Crippen LogP contribution in [0.3, 0.4) is 0 Å². The fourth-order valence-electron chi connectivity index (χ4n) is 1.95. The third-order valence-corrected chi connectivity index (χ3v) is 3.02. The average molecular weight is 229 g/mol. The van der Waals surface area contributed by atoms with Gasteiger partial charge in [-0.1, -0.05) is 19.8 Å². The van der Waals surface area contributed by atoms with Gasteiger partial charge in [0.1, 0.15) is 0 Å². The van der Waals surface area contributed by atoms with Crippen molar-refractivity contribution in [2.24, 2.45) is 5.92 Å². The lowest BCUT2D eigenvalue weighted by atomic mass is 10.1. The lowest BCUT2D eigenvalue weighted by Crippen LogP contribution is -2.13. The van der Waals surface area contributed by atoms with Gasteiger partial charge in [0.2, 0.25) is 0 Å². The second-order valence-electron chi connectivity index (χ2n) is 4.57. The first kappa shape index (κ1) is 13.9. The molecule has 1 fully saturated rings. The molecule has 1 aliphatic rings. The summed E-state index contributed by atoms with van der Waals surface area (Å²) < 4.78 is 11.0. The maximum atomic E-state index is 5.65. The Morgan fingerprint density at radius 2 is 2.12 bits per heavy atom. The SMILES string of the molecule is CCNCCCCCCOCC1CCOC1. The second kappa shape index (κ2) is 10.1. The Balaban J connectivity index is 1.71. The van der Waals surface area contributed by atoms with Crippen molar-refractivity contribution in [3.63, 3.8) is 0 Å². The summed E-state index contributed by atoms with van der Waals surface area (Å²) in [6.45, 7) is 8.07. The van der Waals surface area contributed by atoms with Crippen molar-refractivity contribution in [1.29, 1.82) is 0 Å². The predicted octanol–water partition coefficient (Wildman–Crippen LogP) is 2.21. The van der Waals surface area contributed by atoms with E-state index in [1.807, 2.05) is 0 Å². The van der Waals surface area contributed by atoms with Crippen LogP contribution in [0.1, 0.15) is 39.0 Å². The van der Waals surface area contributed by atoms with Crippen molar-refractivity contribution >= 4 is 0 Å². The molecule has 3 heteroatoms. The zero-order valence-corrected chi connectivity index (χ0v) is 10.7. The Kier molecular flexibility index (Phi) is 8.77. The number of rotatable bonds is 10. The molecule has 1 atom stereocenters. The first-order valence-corrected chi connectivity index (χ1v) is 6.79. The fraction of sp³-hybridized carbons (Fsp3) is 1.00. The zero-order valence-electron chi connectivity index (χ0n) is 10.7. The van der Waals surface area contributed by atoms with Crippen molar-refractivity contribution < 1.29 is 9.47 Å². The van der Waals surface area contributed by atoms with E-state index in [2.05, 4.69) is 12.2 Å². The molecule has 1 aliphatic heterocycles. The van der Waals surface area contributed by atoms with Gasteiger partial charge in [-0.15, -0.1) is 0 Å². The van der Waals surface area contributed by atoms with Gasteiger partial charge >= 0.3 is 0 Å². The zero-order chi connectivity index (χ0) is 11.5. The second-order valence-corrected chi connectivity index (χ2v) is 4.57. The molecular formula is C13H27NO2. The van der Waals surface area contributed by atoms with Gasteiger partial charge in [-0.3, -0.25) is 0 Å². The lowest BCUT2D eigenvalue weighted by Gasteiger charge is -2.08. The largest absolute Gasteiger partial charge is 0.381 e. The first-order valence-electron chi connectivity index (χ1n) is 6.79. The van der Waals surface area contributed by atoms with Crippen molar-refractivity contribution in [2.75, 3.05) is 39.5 Å². The van der Waals surface area contributed by atoms with Crippen molar-refractivity contribution in [3.8, 4) is 0 Å². The Morgan fingerprint density at radius 3 is 2.88 bits per heavy atom. The highest BCUT2D eigenvalue weighted by molar-refractivity contribution is 4.62. The fourth-order valence-corrected chi connectivity index (χ4v) is 1.95. The van der Waals surface area contributed by atoms with Gasteiger partial charge in [0.05, 0.1) is 13.2 Å². The topological polar surface area (TPSA) is 30.5 Å². The van der Waals surface area contributed by atoms with E-state index in [0.717, 1.165) is 39.5 Å². The standard InChI is InChI=1S/C13H27NO2/c1-2-14-8-5-3-4-6-9-15-11-13-7-10-16-12-13/h13-14H,2-12H2,1H3. The molecule has 1 N–H and O–H groups in total. The van der Waals surface area contributed by atoms with E-state index in [-0.39, 0.29) is 0 Å². The number of unbranched alkanes of at least 4 members (excludes halogenated alkanes) is 3. The molecule has 96 valence electrons. The van der Waals surface area contributed by atoms with E-state index in [1.165, 1.54) is 32.1 Å². The maximum Gasteiger partial charge on any atom is 0.0517 e.